The summed E-state index contributed by atoms with van der Waals surface area (Å²) in [4.78, 5) is 0. The van der Waals surface area contributed by atoms with Gasteiger partial charge >= 0.3 is 0 Å². The Morgan fingerprint density at radius 2 is 2.26 bits per heavy atom. The fourth-order valence-corrected chi connectivity index (χ4v) is 1.94. The van der Waals surface area contributed by atoms with E-state index in [2.05, 4.69) is 17.3 Å². The molecule has 0 aliphatic rings. The summed E-state index contributed by atoms with van der Waals surface area (Å²) < 4.78 is 7.32. The molecular weight excluding hydrogens is 262 g/mol. The maximum atomic E-state index is 6.17. The quantitative estimate of drug-likeness (QED) is 0.880. The molecule has 2 aromatic rings. The van der Waals surface area contributed by atoms with E-state index in [4.69, 9.17) is 16.3 Å². The van der Waals surface area contributed by atoms with Crippen LogP contribution in [0.15, 0.2) is 30.6 Å². The number of hydrogen-bond acceptors (Lipinski definition) is 3. The first-order valence-electron chi connectivity index (χ1n) is 6.32. The minimum atomic E-state index is 0.629. The van der Waals surface area contributed by atoms with Gasteiger partial charge in [-0.2, -0.15) is 5.10 Å². The second kappa shape index (κ2) is 6.48. The van der Waals surface area contributed by atoms with Crippen molar-refractivity contribution in [3.63, 3.8) is 0 Å². The molecule has 0 unspecified atom stereocenters. The molecule has 1 N–H and O–H groups in total. The largest absolute Gasteiger partial charge is 0.492 e. The van der Waals surface area contributed by atoms with Gasteiger partial charge in [-0.15, -0.1) is 0 Å². The first-order chi connectivity index (χ1) is 9.19. The first-order valence-corrected chi connectivity index (χ1v) is 6.70. The maximum absolute atomic E-state index is 6.17. The van der Waals surface area contributed by atoms with E-state index in [1.807, 2.05) is 37.6 Å². The smallest absolute Gasteiger partial charge is 0.138 e. The third-order valence-electron chi connectivity index (χ3n) is 2.65. The predicted octanol–water partition coefficient (Wildman–Crippen LogP) is 3.47. The molecule has 1 aromatic carbocycles. The Labute approximate surface area is 118 Å². The Morgan fingerprint density at radius 3 is 2.89 bits per heavy atom. The summed E-state index contributed by atoms with van der Waals surface area (Å²) in [5.74, 6) is 0.732. The van der Waals surface area contributed by atoms with Crippen molar-refractivity contribution in [2.45, 2.75) is 19.9 Å². The topological polar surface area (TPSA) is 39.1 Å². The fourth-order valence-electron chi connectivity index (χ4n) is 1.71. The van der Waals surface area contributed by atoms with Crippen LogP contribution in [0.4, 0.5) is 5.69 Å². The summed E-state index contributed by atoms with van der Waals surface area (Å²) >= 11 is 6.17. The van der Waals surface area contributed by atoms with Crippen molar-refractivity contribution in [3.05, 3.63) is 41.2 Å². The van der Waals surface area contributed by atoms with E-state index in [0.717, 1.165) is 30.0 Å². The molecule has 0 aliphatic heterocycles. The summed E-state index contributed by atoms with van der Waals surface area (Å²) in [6, 6.07) is 5.74. The van der Waals surface area contributed by atoms with Gasteiger partial charge in [0.05, 0.1) is 17.8 Å². The zero-order valence-electron chi connectivity index (χ0n) is 11.2. The van der Waals surface area contributed by atoms with E-state index in [1.165, 1.54) is 0 Å². The predicted molar refractivity (Wildman–Crippen MR) is 77.8 cm³/mol. The molecule has 1 aromatic heterocycles. The highest BCUT2D eigenvalue weighted by Gasteiger charge is 2.03. The Hall–Kier alpha value is -1.68. The van der Waals surface area contributed by atoms with Gasteiger partial charge in [0.25, 0.3) is 0 Å². The molecule has 0 bridgehead atoms. The molecule has 0 aliphatic carbocycles. The van der Waals surface area contributed by atoms with Gasteiger partial charge in [-0.25, -0.2) is 0 Å². The lowest BCUT2D eigenvalue weighted by Crippen LogP contribution is -2.00. The van der Waals surface area contributed by atoms with Gasteiger partial charge in [0.2, 0.25) is 0 Å². The van der Waals surface area contributed by atoms with Crippen molar-refractivity contribution in [1.29, 1.82) is 0 Å². The summed E-state index contributed by atoms with van der Waals surface area (Å²) in [5.41, 5.74) is 2.10. The first kappa shape index (κ1) is 13.7. The van der Waals surface area contributed by atoms with Gasteiger partial charge in [-0.1, -0.05) is 18.5 Å². The standard InChI is InChI=1S/C14H18ClN3O/c1-3-6-19-14-5-4-12(7-13(14)15)16-8-11-9-17-18(2)10-11/h4-5,7,9-10,16H,3,6,8H2,1-2H3. The van der Waals surface area contributed by atoms with Crippen molar-refractivity contribution in [2.24, 2.45) is 7.05 Å². The number of ether oxygens (including phenoxy) is 1. The molecule has 0 atom stereocenters. The van der Waals surface area contributed by atoms with E-state index in [9.17, 15) is 0 Å². The number of aromatic nitrogens is 2. The average molecular weight is 280 g/mol. The Bertz CT molecular complexity index is 539. The Balaban J connectivity index is 1.95. The van der Waals surface area contributed by atoms with Crippen LogP contribution in [-0.4, -0.2) is 16.4 Å². The SMILES string of the molecule is CCCOc1ccc(NCc2cnn(C)c2)cc1Cl. The molecule has 0 saturated heterocycles. The molecular formula is C14H18ClN3O. The molecule has 19 heavy (non-hydrogen) atoms. The molecule has 0 radical (unpaired) electrons. The van der Waals surface area contributed by atoms with Gasteiger partial charge in [-0.05, 0) is 24.6 Å². The average Bonchev–Trinajstić information content (AvgIpc) is 2.81. The van der Waals surface area contributed by atoms with E-state index < -0.39 is 0 Å². The maximum Gasteiger partial charge on any atom is 0.138 e. The summed E-state index contributed by atoms with van der Waals surface area (Å²) in [5, 5.41) is 8.06. The number of aryl methyl sites for hydroxylation is 1. The van der Waals surface area contributed by atoms with Crippen molar-refractivity contribution >= 4 is 17.3 Å². The highest BCUT2D eigenvalue weighted by Crippen LogP contribution is 2.28. The molecule has 2 rings (SSSR count). The van der Waals surface area contributed by atoms with Crippen LogP contribution in [0.25, 0.3) is 0 Å². The third kappa shape index (κ3) is 3.89. The van der Waals surface area contributed by atoms with Gasteiger partial charge in [-0.3, -0.25) is 4.68 Å². The van der Waals surface area contributed by atoms with Gasteiger partial charge in [0.1, 0.15) is 5.75 Å². The molecule has 0 saturated carbocycles. The molecule has 5 heteroatoms. The lowest BCUT2D eigenvalue weighted by Gasteiger charge is -2.09. The lowest BCUT2D eigenvalue weighted by molar-refractivity contribution is 0.317. The van der Waals surface area contributed by atoms with Crippen LogP contribution in [0, 0.1) is 0 Å². The van der Waals surface area contributed by atoms with Crippen molar-refractivity contribution in [1.82, 2.24) is 9.78 Å². The van der Waals surface area contributed by atoms with Crippen LogP contribution < -0.4 is 10.1 Å². The van der Waals surface area contributed by atoms with Gasteiger partial charge in [0.15, 0.2) is 0 Å². The number of anilines is 1. The fraction of sp³-hybridized carbons (Fsp3) is 0.357. The van der Waals surface area contributed by atoms with Crippen LogP contribution >= 0.6 is 11.6 Å². The Kier molecular flexibility index (Phi) is 4.68. The number of nitrogens with zero attached hydrogens (tertiary/aromatic N) is 2. The lowest BCUT2D eigenvalue weighted by atomic mass is 10.3. The van der Waals surface area contributed by atoms with Crippen LogP contribution in [0.1, 0.15) is 18.9 Å². The van der Waals surface area contributed by atoms with Crippen LogP contribution in [0.5, 0.6) is 5.75 Å². The highest BCUT2D eigenvalue weighted by molar-refractivity contribution is 6.32. The zero-order valence-corrected chi connectivity index (χ0v) is 11.9. The summed E-state index contributed by atoms with van der Waals surface area (Å²) in [7, 11) is 1.90. The van der Waals surface area contributed by atoms with Gasteiger partial charge < -0.3 is 10.1 Å². The number of nitrogens with one attached hydrogen (secondary N) is 1. The van der Waals surface area contributed by atoms with Crippen LogP contribution in [-0.2, 0) is 13.6 Å². The molecule has 1 heterocycles. The minimum Gasteiger partial charge on any atom is -0.492 e. The second-order valence-electron chi connectivity index (χ2n) is 4.37. The zero-order chi connectivity index (χ0) is 13.7. The number of benzene rings is 1. The van der Waals surface area contributed by atoms with Crippen LogP contribution in [0.3, 0.4) is 0 Å². The Morgan fingerprint density at radius 1 is 1.42 bits per heavy atom. The normalized spacial score (nSPS) is 10.5. The van der Waals surface area contributed by atoms with E-state index in [-0.39, 0.29) is 0 Å². The van der Waals surface area contributed by atoms with Crippen LogP contribution in [0.2, 0.25) is 5.02 Å². The molecule has 102 valence electrons. The van der Waals surface area contributed by atoms with Gasteiger partial charge in [0, 0.05) is 31.0 Å². The van der Waals surface area contributed by atoms with Crippen molar-refractivity contribution < 1.29 is 4.74 Å². The minimum absolute atomic E-state index is 0.629. The molecule has 0 amide bonds. The van der Waals surface area contributed by atoms with Crippen molar-refractivity contribution in [2.75, 3.05) is 11.9 Å². The second-order valence-corrected chi connectivity index (χ2v) is 4.78. The van der Waals surface area contributed by atoms with E-state index in [1.54, 1.807) is 4.68 Å². The molecule has 0 fully saturated rings. The number of hydrogen-bond donors (Lipinski definition) is 1. The monoisotopic (exact) mass is 279 g/mol. The number of halogens is 1. The summed E-state index contributed by atoms with van der Waals surface area (Å²) in [6.45, 7) is 3.47. The summed E-state index contributed by atoms with van der Waals surface area (Å²) in [6.07, 6.45) is 4.79. The highest BCUT2D eigenvalue weighted by atomic mass is 35.5. The third-order valence-corrected chi connectivity index (χ3v) is 2.94. The van der Waals surface area contributed by atoms with E-state index >= 15 is 0 Å². The molecule has 4 nitrogen and oxygen atoms in total. The number of rotatable bonds is 6. The molecule has 0 spiro atoms. The van der Waals surface area contributed by atoms with E-state index in [0.29, 0.717) is 11.6 Å². The van der Waals surface area contributed by atoms with Crippen molar-refractivity contribution in [3.8, 4) is 5.75 Å².